The van der Waals surface area contributed by atoms with E-state index < -0.39 is 23.3 Å². The van der Waals surface area contributed by atoms with E-state index in [9.17, 15) is 14.4 Å². The highest BCUT2D eigenvalue weighted by atomic mass is 32.2. The standard InChI is InChI=1S/C12H20N2O3S/c1-4-6-8(3)18-7-12(5-2)9(15)13-11(17)14-10(12)16/h8H,4-7H2,1-3H3,(H2,13,14,15,16,17). The second-order valence-corrected chi connectivity index (χ2v) is 6.01. The van der Waals surface area contributed by atoms with E-state index in [0.29, 0.717) is 17.4 Å². The van der Waals surface area contributed by atoms with Gasteiger partial charge in [-0.2, -0.15) is 11.8 Å². The van der Waals surface area contributed by atoms with Crippen LogP contribution in [0.5, 0.6) is 0 Å². The van der Waals surface area contributed by atoms with Crippen molar-refractivity contribution in [1.29, 1.82) is 0 Å². The van der Waals surface area contributed by atoms with Crippen molar-refractivity contribution in [2.75, 3.05) is 5.75 Å². The Morgan fingerprint density at radius 1 is 1.17 bits per heavy atom. The molecule has 1 rings (SSSR count). The van der Waals surface area contributed by atoms with Crippen LogP contribution in [-0.2, 0) is 9.59 Å². The minimum atomic E-state index is -1.11. The van der Waals surface area contributed by atoms with Crippen LogP contribution in [0.2, 0.25) is 0 Å². The molecule has 0 aromatic carbocycles. The lowest BCUT2D eigenvalue weighted by Gasteiger charge is -2.33. The molecule has 1 fully saturated rings. The molecule has 1 aliphatic heterocycles. The van der Waals surface area contributed by atoms with Crippen molar-refractivity contribution in [3.63, 3.8) is 0 Å². The van der Waals surface area contributed by atoms with Crippen molar-refractivity contribution >= 4 is 29.6 Å². The maximum atomic E-state index is 11.9. The lowest BCUT2D eigenvalue weighted by molar-refractivity contribution is -0.142. The van der Waals surface area contributed by atoms with Crippen molar-refractivity contribution in [2.45, 2.75) is 45.3 Å². The summed E-state index contributed by atoms with van der Waals surface area (Å²) in [7, 11) is 0. The fraction of sp³-hybridized carbons (Fsp3) is 0.750. The number of barbiturate groups is 1. The maximum absolute atomic E-state index is 11.9. The van der Waals surface area contributed by atoms with Crippen LogP contribution >= 0.6 is 11.8 Å². The molecule has 1 heterocycles. The Labute approximate surface area is 111 Å². The van der Waals surface area contributed by atoms with Gasteiger partial charge in [-0.05, 0) is 12.8 Å². The number of carbonyl (C=O) groups excluding carboxylic acids is 3. The minimum Gasteiger partial charge on any atom is -0.277 e. The summed E-state index contributed by atoms with van der Waals surface area (Å²) in [5, 5.41) is 4.77. The Morgan fingerprint density at radius 2 is 1.72 bits per heavy atom. The van der Waals surface area contributed by atoms with Crippen molar-refractivity contribution in [1.82, 2.24) is 10.6 Å². The number of hydrogen-bond donors (Lipinski definition) is 2. The van der Waals surface area contributed by atoms with Crippen molar-refractivity contribution in [3.05, 3.63) is 0 Å². The van der Waals surface area contributed by atoms with Crippen molar-refractivity contribution in [2.24, 2.45) is 5.41 Å². The van der Waals surface area contributed by atoms with Gasteiger partial charge in [0.2, 0.25) is 11.8 Å². The number of nitrogens with one attached hydrogen (secondary N) is 2. The van der Waals surface area contributed by atoms with Crippen LogP contribution in [0.15, 0.2) is 0 Å². The first kappa shape index (κ1) is 15.0. The van der Waals surface area contributed by atoms with Gasteiger partial charge in [0, 0.05) is 11.0 Å². The van der Waals surface area contributed by atoms with E-state index in [0.717, 1.165) is 12.8 Å². The fourth-order valence-corrected chi connectivity index (χ4v) is 3.35. The van der Waals surface area contributed by atoms with Gasteiger partial charge in [-0.3, -0.25) is 20.2 Å². The van der Waals surface area contributed by atoms with Crippen LogP contribution in [-0.4, -0.2) is 28.8 Å². The number of thioether (sulfide) groups is 1. The third-order valence-corrected chi connectivity index (χ3v) is 4.70. The quantitative estimate of drug-likeness (QED) is 0.721. The summed E-state index contributed by atoms with van der Waals surface area (Å²) in [5.41, 5.74) is -1.11. The second kappa shape index (κ2) is 6.22. The summed E-state index contributed by atoms with van der Waals surface area (Å²) in [4.78, 5) is 34.9. The molecule has 5 nitrogen and oxygen atoms in total. The van der Waals surface area contributed by atoms with Gasteiger partial charge in [0.25, 0.3) is 0 Å². The first-order valence-electron chi connectivity index (χ1n) is 6.24. The Hall–Kier alpha value is -1.04. The van der Waals surface area contributed by atoms with E-state index in [2.05, 4.69) is 24.5 Å². The van der Waals surface area contributed by atoms with Crippen LogP contribution < -0.4 is 10.6 Å². The van der Waals surface area contributed by atoms with Gasteiger partial charge in [-0.25, -0.2) is 4.79 Å². The summed E-state index contributed by atoms with van der Waals surface area (Å²) < 4.78 is 0. The number of imide groups is 2. The molecule has 1 atom stereocenters. The average Bonchev–Trinajstić information content (AvgIpc) is 2.29. The molecule has 18 heavy (non-hydrogen) atoms. The van der Waals surface area contributed by atoms with Gasteiger partial charge in [-0.15, -0.1) is 0 Å². The summed E-state index contributed by atoms with van der Waals surface area (Å²) >= 11 is 1.61. The van der Waals surface area contributed by atoms with Crippen LogP contribution in [0, 0.1) is 5.41 Å². The summed E-state index contributed by atoms with van der Waals surface area (Å²) in [5.74, 6) is -0.541. The monoisotopic (exact) mass is 272 g/mol. The molecule has 102 valence electrons. The van der Waals surface area contributed by atoms with E-state index in [1.165, 1.54) is 0 Å². The first-order valence-corrected chi connectivity index (χ1v) is 7.29. The molecule has 0 aromatic rings. The number of rotatable bonds is 6. The van der Waals surface area contributed by atoms with Gasteiger partial charge in [0.05, 0.1) is 0 Å². The minimum absolute atomic E-state index is 0.393. The topological polar surface area (TPSA) is 75.3 Å². The number of carbonyl (C=O) groups is 3. The maximum Gasteiger partial charge on any atom is 0.328 e. The Balaban J connectivity index is 2.75. The van der Waals surface area contributed by atoms with Gasteiger partial charge >= 0.3 is 6.03 Å². The Morgan fingerprint density at radius 3 is 2.17 bits per heavy atom. The smallest absolute Gasteiger partial charge is 0.277 e. The average molecular weight is 272 g/mol. The van der Waals surface area contributed by atoms with E-state index in [4.69, 9.17) is 0 Å². The van der Waals surface area contributed by atoms with Crippen LogP contribution in [0.4, 0.5) is 4.79 Å². The molecule has 0 bridgehead atoms. The number of urea groups is 1. The highest BCUT2D eigenvalue weighted by Crippen LogP contribution is 2.32. The zero-order chi connectivity index (χ0) is 13.8. The largest absolute Gasteiger partial charge is 0.328 e. The van der Waals surface area contributed by atoms with E-state index in [1.807, 2.05) is 0 Å². The number of amides is 4. The summed E-state index contributed by atoms with van der Waals surface area (Å²) in [6.07, 6.45) is 2.51. The number of hydrogen-bond acceptors (Lipinski definition) is 4. The lowest BCUT2D eigenvalue weighted by Crippen LogP contribution is -2.63. The van der Waals surface area contributed by atoms with E-state index in [1.54, 1.807) is 18.7 Å². The highest BCUT2D eigenvalue weighted by Gasteiger charge is 2.48. The summed E-state index contributed by atoms with van der Waals surface area (Å²) in [6.45, 7) is 5.98. The fourth-order valence-electron chi connectivity index (χ4n) is 1.91. The molecule has 6 heteroatoms. The Kier molecular flexibility index (Phi) is 5.19. The zero-order valence-electron chi connectivity index (χ0n) is 11.0. The molecule has 0 spiro atoms. The molecule has 2 N–H and O–H groups in total. The molecule has 0 aliphatic carbocycles. The Bertz CT molecular complexity index is 337. The van der Waals surface area contributed by atoms with Crippen LogP contribution in [0.1, 0.15) is 40.0 Å². The van der Waals surface area contributed by atoms with Crippen LogP contribution in [0.3, 0.4) is 0 Å². The van der Waals surface area contributed by atoms with Gasteiger partial charge in [-0.1, -0.05) is 27.2 Å². The van der Waals surface area contributed by atoms with Crippen molar-refractivity contribution in [3.8, 4) is 0 Å². The molecular formula is C12H20N2O3S. The predicted octanol–water partition coefficient (Wildman–Crippen LogP) is 1.67. The third-order valence-electron chi connectivity index (χ3n) is 3.24. The molecule has 0 saturated carbocycles. The molecule has 1 unspecified atom stereocenters. The van der Waals surface area contributed by atoms with Gasteiger partial charge in [0.1, 0.15) is 5.41 Å². The summed E-state index contributed by atoms with van der Waals surface area (Å²) in [6, 6.07) is -0.722. The second-order valence-electron chi connectivity index (χ2n) is 4.58. The van der Waals surface area contributed by atoms with E-state index in [-0.39, 0.29) is 0 Å². The molecular weight excluding hydrogens is 252 g/mol. The molecule has 1 saturated heterocycles. The van der Waals surface area contributed by atoms with Gasteiger partial charge in [0.15, 0.2) is 0 Å². The zero-order valence-corrected chi connectivity index (χ0v) is 11.9. The highest BCUT2D eigenvalue weighted by molar-refractivity contribution is 7.99. The molecule has 0 radical (unpaired) electrons. The van der Waals surface area contributed by atoms with E-state index >= 15 is 0 Å². The lowest BCUT2D eigenvalue weighted by atomic mass is 9.84. The van der Waals surface area contributed by atoms with Gasteiger partial charge < -0.3 is 0 Å². The SMILES string of the molecule is CCCC(C)SCC1(CC)C(=O)NC(=O)NC1=O. The predicted molar refractivity (Wildman–Crippen MR) is 71.2 cm³/mol. The molecule has 4 amide bonds. The molecule has 0 aromatic heterocycles. The third kappa shape index (κ3) is 3.04. The first-order chi connectivity index (χ1) is 8.46. The molecule has 1 aliphatic rings. The van der Waals surface area contributed by atoms with Crippen LogP contribution in [0.25, 0.3) is 0 Å². The normalized spacial score (nSPS) is 20.3. The van der Waals surface area contributed by atoms with Crippen molar-refractivity contribution < 1.29 is 14.4 Å².